The normalized spacial score (nSPS) is 10.3. The SMILES string of the molecule is CCOC(=O)c1c(NC(=O)CNc2ccccc2OCC)sc(C)c1C. The van der Waals surface area contributed by atoms with Crippen LogP contribution in [0.5, 0.6) is 5.75 Å². The lowest BCUT2D eigenvalue weighted by Crippen LogP contribution is -2.22. The number of aryl methyl sites for hydroxylation is 1. The molecule has 0 spiro atoms. The number of thiophene rings is 1. The fourth-order valence-electron chi connectivity index (χ4n) is 2.40. The van der Waals surface area contributed by atoms with Crippen LogP contribution in [0.1, 0.15) is 34.6 Å². The molecule has 0 aliphatic rings. The maximum Gasteiger partial charge on any atom is 0.341 e. The molecule has 7 heteroatoms. The molecule has 0 aliphatic carbocycles. The Morgan fingerprint density at radius 3 is 2.54 bits per heavy atom. The van der Waals surface area contributed by atoms with Gasteiger partial charge in [-0.05, 0) is 45.4 Å². The highest BCUT2D eigenvalue weighted by Gasteiger charge is 2.22. The summed E-state index contributed by atoms with van der Waals surface area (Å²) in [6, 6.07) is 7.43. The average Bonchev–Trinajstić information content (AvgIpc) is 2.88. The zero-order chi connectivity index (χ0) is 19.1. The van der Waals surface area contributed by atoms with Crippen molar-refractivity contribution in [1.29, 1.82) is 0 Å². The van der Waals surface area contributed by atoms with E-state index in [1.165, 1.54) is 11.3 Å². The first kappa shape index (κ1) is 19.8. The van der Waals surface area contributed by atoms with Gasteiger partial charge in [-0.3, -0.25) is 4.79 Å². The molecule has 1 aromatic heterocycles. The van der Waals surface area contributed by atoms with E-state index in [0.717, 1.165) is 16.1 Å². The van der Waals surface area contributed by atoms with Crippen molar-refractivity contribution in [1.82, 2.24) is 0 Å². The Morgan fingerprint density at radius 2 is 1.85 bits per heavy atom. The Bertz CT molecular complexity index is 786. The van der Waals surface area contributed by atoms with Crippen molar-refractivity contribution < 1.29 is 19.1 Å². The number of nitrogens with one attached hydrogen (secondary N) is 2. The second-order valence-corrected chi connectivity index (χ2v) is 6.76. The monoisotopic (exact) mass is 376 g/mol. The van der Waals surface area contributed by atoms with Gasteiger partial charge in [0.1, 0.15) is 10.8 Å². The van der Waals surface area contributed by atoms with Crippen molar-refractivity contribution in [2.45, 2.75) is 27.7 Å². The molecule has 0 atom stereocenters. The summed E-state index contributed by atoms with van der Waals surface area (Å²) < 4.78 is 10.6. The van der Waals surface area contributed by atoms with Crippen LogP contribution in [-0.2, 0) is 9.53 Å². The van der Waals surface area contributed by atoms with Crippen LogP contribution in [0, 0.1) is 13.8 Å². The molecule has 1 heterocycles. The van der Waals surface area contributed by atoms with Crippen LogP contribution in [0.4, 0.5) is 10.7 Å². The molecule has 6 nitrogen and oxygen atoms in total. The highest BCUT2D eigenvalue weighted by Crippen LogP contribution is 2.33. The van der Waals surface area contributed by atoms with Gasteiger partial charge in [0.15, 0.2) is 0 Å². The lowest BCUT2D eigenvalue weighted by Gasteiger charge is -2.12. The van der Waals surface area contributed by atoms with E-state index in [1.54, 1.807) is 6.92 Å². The van der Waals surface area contributed by atoms with Gasteiger partial charge in [-0.2, -0.15) is 0 Å². The lowest BCUT2D eigenvalue weighted by atomic mass is 10.1. The molecule has 2 rings (SSSR count). The molecule has 0 radical (unpaired) electrons. The van der Waals surface area contributed by atoms with E-state index in [-0.39, 0.29) is 19.1 Å². The van der Waals surface area contributed by atoms with Crippen LogP contribution < -0.4 is 15.4 Å². The maximum atomic E-state index is 12.3. The minimum absolute atomic E-state index is 0.0579. The number of carbonyl (C=O) groups excluding carboxylic acids is 2. The van der Waals surface area contributed by atoms with Crippen LogP contribution in [0.15, 0.2) is 24.3 Å². The van der Waals surface area contributed by atoms with Gasteiger partial charge in [0, 0.05) is 4.88 Å². The number of carbonyl (C=O) groups is 2. The maximum absolute atomic E-state index is 12.3. The van der Waals surface area contributed by atoms with Gasteiger partial charge in [-0.15, -0.1) is 11.3 Å². The summed E-state index contributed by atoms with van der Waals surface area (Å²) in [5, 5.41) is 6.39. The average molecular weight is 376 g/mol. The molecule has 0 bridgehead atoms. The minimum atomic E-state index is -0.417. The smallest absolute Gasteiger partial charge is 0.341 e. The third-order valence-electron chi connectivity index (χ3n) is 3.74. The molecule has 0 saturated carbocycles. The van der Waals surface area contributed by atoms with E-state index >= 15 is 0 Å². The van der Waals surface area contributed by atoms with Crippen molar-refractivity contribution in [2.75, 3.05) is 30.4 Å². The van der Waals surface area contributed by atoms with Crippen LogP contribution >= 0.6 is 11.3 Å². The standard InChI is InChI=1S/C19H24N2O4S/c1-5-24-15-10-8-7-9-14(15)20-11-16(22)21-18-17(19(23)25-6-2)12(3)13(4)26-18/h7-10,20H,5-6,11H2,1-4H3,(H,21,22). The van der Waals surface area contributed by atoms with Crippen LogP contribution in [0.25, 0.3) is 0 Å². The fraction of sp³-hybridized carbons (Fsp3) is 0.368. The van der Waals surface area contributed by atoms with Gasteiger partial charge in [0.05, 0.1) is 31.0 Å². The Hall–Kier alpha value is -2.54. The molecule has 0 unspecified atom stereocenters. The third kappa shape index (κ3) is 4.76. The van der Waals surface area contributed by atoms with E-state index in [0.29, 0.717) is 22.9 Å². The quantitative estimate of drug-likeness (QED) is 0.681. The van der Waals surface area contributed by atoms with E-state index < -0.39 is 5.97 Å². The highest BCUT2D eigenvalue weighted by atomic mass is 32.1. The van der Waals surface area contributed by atoms with Crippen molar-refractivity contribution in [2.24, 2.45) is 0 Å². The Morgan fingerprint density at radius 1 is 1.12 bits per heavy atom. The Kier molecular flexibility index (Phi) is 7.03. The van der Waals surface area contributed by atoms with Crippen LogP contribution in [0.3, 0.4) is 0 Å². The molecular formula is C19H24N2O4S. The first-order valence-electron chi connectivity index (χ1n) is 8.50. The fourth-order valence-corrected chi connectivity index (χ4v) is 3.47. The summed E-state index contributed by atoms with van der Waals surface area (Å²) in [7, 11) is 0. The van der Waals surface area contributed by atoms with Crippen molar-refractivity contribution >= 4 is 33.9 Å². The molecule has 140 valence electrons. The topological polar surface area (TPSA) is 76.7 Å². The lowest BCUT2D eigenvalue weighted by molar-refractivity contribution is -0.114. The van der Waals surface area contributed by atoms with Gasteiger partial charge in [-0.25, -0.2) is 4.79 Å². The second-order valence-electron chi connectivity index (χ2n) is 5.54. The number of anilines is 2. The largest absolute Gasteiger partial charge is 0.492 e. The van der Waals surface area contributed by atoms with E-state index in [9.17, 15) is 9.59 Å². The summed E-state index contributed by atoms with van der Waals surface area (Å²) in [6.45, 7) is 8.31. The van der Waals surface area contributed by atoms with Crippen molar-refractivity contribution in [3.8, 4) is 5.75 Å². The summed E-state index contributed by atoms with van der Waals surface area (Å²) in [5.74, 6) is 0.0280. The first-order chi connectivity index (χ1) is 12.5. The number of para-hydroxylation sites is 2. The van der Waals surface area contributed by atoms with E-state index in [4.69, 9.17) is 9.47 Å². The molecular weight excluding hydrogens is 352 g/mol. The van der Waals surface area contributed by atoms with Crippen molar-refractivity contribution in [3.05, 3.63) is 40.3 Å². The van der Waals surface area contributed by atoms with Gasteiger partial charge in [0.25, 0.3) is 0 Å². The molecule has 2 N–H and O–H groups in total. The summed E-state index contributed by atoms with van der Waals surface area (Å²) in [6.07, 6.45) is 0. The van der Waals surface area contributed by atoms with E-state index in [2.05, 4.69) is 10.6 Å². The second kappa shape index (κ2) is 9.24. The van der Waals surface area contributed by atoms with E-state index in [1.807, 2.05) is 45.0 Å². The van der Waals surface area contributed by atoms with Crippen LogP contribution in [-0.4, -0.2) is 31.6 Å². The molecule has 1 aromatic carbocycles. The molecule has 0 fully saturated rings. The number of hydrogen-bond donors (Lipinski definition) is 2. The number of ether oxygens (including phenoxy) is 2. The van der Waals surface area contributed by atoms with Crippen molar-refractivity contribution in [3.63, 3.8) is 0 Å². The third-order valence-corrected chi connectivity index (χ3v) is 4.87. The predicted molar refractivity (Wildman–Crippen MR) is 104 cm³/mol. The number of esters is 1. The minimum Gasteiger partial charge on any atom is -0.492 e. The van der Waals surface area contributed by atoms with Gasteiger partial charge in [-0.1, -0.05) is 12.1 Å². The highest BCUT2D eigenvalue weighted by molar-refractivity contribution is 7.16. The van der Waals surface area contributed by atoms with Gasteiger partial charge in [0.2, 0.25) is 5.91 Å². The van der Waals surface area contributed by atoms with Crippen LogP contribution in [0.2, 0.25) is 0 Å². The molecule has 1 amide bonds. The molecule has 0 saturated heterocycles. The zero-order valence-electron chi connectivity index (χ0n) is 15.5. The molecule has 2 aromatic rings. The Labute approximate surface area is 157 Å². The summed E-state index contributed by atoms with van der Waals surface area (Å²) in [4.78, 5) is 25.5. The predicted octanol–water partition coefficient (Wildman–Crippen LogP) is 3.99. The summed E-state index contributed by atoms with van der Waals surface area (Å²) >= 11 is 1.37. The number of hydrogen-bond acceptors (Lipinski definition) is 6. The number of benzene rings is 1. The van der Waals surface area contributed by atoms with Gasteiger partial charge >= 0.3 is 5.97 Å². The molecule has 0 aliphatic heterocycles. The Balaban J connectivity index is 2.07. The zero-order valence-corrected chi connectivity index (χ0v) is 16.3. The molecule has 26 heavy (non-hydrogen) atoms. The number of rotatable bonds is 8. The summed E-state index contributed by atoms with van der Waals surface area (Å²) in [5.41, 5.74) is 2.00. The first-order valence-corrected chi connectivity index (χ1v) is 9.32. The number of amides is 1. The van der Waals surface area contributed by atoms with Gasteiger partial charge < -0.3 is 20.1 Å².